The van der Waals surface area contributed by atoms with Crippen LogP contribution >= 0.6 is 0 Å². The molecule has 1 aliphatic heterocycles. The van der Waals surface area contributed by atoms with Crippen LogP contribution in [0.25, 0.3) is 0 Å². The normalized spacial score (nSPS) is 13.5. The molecule has 23 heavy (non-hydrogen) atoms. The summed E-state index contributed by atoms with van der Waals surface area (Å²) in [6, 6.07) is 14.5. The first-order chi connectivity index (χ1) is 11.2. The minimum atomic E-state index is -0.400. The van der Waals surface area contributed by atoms with E-state index in [9.17, 15) is 10.1 Å². The number of nitro benzene ring substituents is 1. The maximum Gasteiger partial charge on any atom is 0.269 e. The molecule has 2 aromatic carbocycles. The average molecular weight is 311 g/mol. The second-order valence-corrected chi connectivity index (χ2v) is 5.28. The number of aliphatic imine (C=N–C) groups is 1. The predicted molar refractivity (Wildman–Crippen MR) is 87.4 cm³/mol. The Labute approximate surface area is 134 Å². The first-order valence-corrected chi connectivity index (χ1v) is 7.41. The summed E-state index contributed by atoms with van der Waals surface area (Å²) in [4.78, 5) is 14.8. The monoisotopic (exact) mass is 311 g/mol. The van der Waals surface area contributed by atoms with Crippen molar-refractivity contribution in [3.05, 3.63) is 75.3 Å². The van der Waals surface area contributed by atoms with Crippen molar-refractivity contribution in [2.75, 3.05) is 13.1 Å². The van der Waals surface area contributed by atoms with Crippen molar-refractivity contribution in [1.29, 1.82) is 0 Å². The fourth-order valence-electron chi connectivity index (χ4n) is 2.45. The second kappa shape index (κ2) is 7.02. The number of hydrogen-bond donors (Lipinski definition) is 1. The van der Waals surface area contributed by atoms with Gasteiger partial charge in [-0.05, 0) is 17.2 Å². The van der Waals surface area contributed by atoms with Gasteiger partial charge >= 0.3 is 0 Å². The topological polar surface area (TPSA) is 76.8 Å². The fourth-order valence-corrected chi connectivity index (χ4v) is 2.45. The highest BCUT2D eigenvalue weighted by Gasteiger charge is 2.09. The number of rotatable bonds is 6. The summed E-state index contributed by atoms with van der Waals surface area (Å²) in [6.07, 6.45) is 0. The lowest BCUT2D eigenvalue weighted by atomic mass is 10.1. The largest absolute Gasteiger partial charge is 0.372 e. The fraction of sp³-hybridized carbons (Fsp3) is 0.235. The summed E-state index contributed by atoms with van der Waals surface area (Å²) in [5.41, 5.74) is 2.97. The molecule has 0 amide bonds. The van der Waals surface area contributed by atoms with Crippen LogP contribution in [0.15, 0.2) is 53.5 Å². The van der Waals surface area contributed by atoms with E-state index in [0.29, 0.717) is 13.2 Å². The summed E-state index contributed by atoms with van der Waals surface area (Å²) >= 11 is 0. The number of nitro groups is 1. The summed E-state index contributed by atoms with van der Waals surface area (Å²) in [5.74, 6) is 0.922. The minimum absolute atomic E-state index is 0.0819. The molecular formula is C17H17N3O3. The number of nitrogens with one attached hydrogen (secondary N) is 1. The lowest BCUT2D eigenvalue weighted by Crippen LogP contribution is -2.19. The molecule has 0 spiro atoms. The molecule has 0 bridgehead atoms. The smallest absolute Gasteiger partial charge is 0.269 e. The van der Waals surface area contributed by atoms with Crippen LogP contribution in [0.2, 0.25) is 0 Å². The molecule has 6 heteroatoms. The number of nitrogens with zero attached hydrogens (tertiary/aromatic N) is 2. The molecule has 0 fully saturated rings. The van der Waals surface area contributed by atoms with E-state index in [1.807, 2.05) is 30.3 Å². The lowest BCUT2D eigenvalue weighted by Gasteiger charge is -2.07. The van der Waals surface area contributed by atoms with E-state index in [4.69, 9.17) is 4.74 Å². The molecule has 1 aliphatic rings. The van der Waals surface area contributed by atoms with E-state index >= 15 is 0 Å². The van der Waals surface area contributed by atoms with Crippen molar-refractivity contribution in [3.8, 4) is 0 Å². The second-order valence-electron chi connectivity index (χ2n) is 5.28. The molecule has 1 heterocycles. The molecular weight excluding hydrogens is 294 g/mol. The third-order valence-corrected chi connectivity index (χ3v) is 3.53. The van der Waals surface area contributed by atoms with Crippen LogP contribution < -0.4 is 5.32 Å². The van der Waals surface area contributed by atoms with E-state index < -0.39 is 4.92 Å². The molecule has 0 saturated heterocycles. The van der Waals surface area contributed by atoms with Gasteiger partial charge in [-0.3, -0.25) is 15.1 Å². The molecule has 0 radical (unpaired) electrons. The Bertz CT molecular complexity index is 743. The predicted octanol–water partition coefficient (Wildman–Crippen LogP) is 2.66. The summed E-state index contributed by atoms with van der Waals surface area (Å²) < 4.78 is 5.68. The molecule has 3 rings (SSSR count). The Morgan fingerprint density at radius 2 is 1.87 bits per heavy atom. The average Bonchev–Trinajstić information content (AvgIpc) is 3.10. The Balaban J connectivity index is 1.59. The van der Waals surface area contributed by atoms with Crippen molar-refractivity contribution >= 4 is 11.5 Å². The molecule has 0 aromatic heterocycles. The molecule has 118 valence electrons. The standard InChI is InChI=1S/C17H17N3O3/c21-20(22)16-6-2-4-14(10-16)12-23-11-13-3-1-5-15(9-13)17-18-7-8-19-17/h1-6,9-10H,7-8,11-12H2,(H,18,19). The Morgan fingerprint density at radius 3 is 2.57 bits per heavy atom. The minimum Gasteiger partial charge on any atom is -0.372 e. The molecule has 6 nitrogen and oxygen atoms in total. The summed E-state index contributed by atoms with van der Waals surface area (Å²) in [6.45, 7) is 2.47. The third-order valence-electron chi connectivity index (χ3n) is 3.53. The zero-order valence-electron chi connectivity index (χ0n) is 12.6. The maximum absolute atomic E-state index is 10.8. The van der Waals surface area contributed by atoms with Gasteiger partial charge in [0.1, 0.15) is 5.84 Å². The van der Waals surface area contributed by atoms with E-state index in [1.54, 1.807) is 6.07 Å². The van der Waals surface area contributed by atoms with Crippen LogP contribution in [0, 0.1) is 10.1 Å². The van der Waals surface area contributed by atoms with Gasteiger partial charge in [-0.15, -0.1) is 0 Å². The molecule has 0 unspecified atom stereocenters. The highest BCUT2D eigenvalue weighted by atomic mass is 16.6. The van der Waals surface area contributed by atoms with Crippen molar-refractivity contribution < 1.29 is 9.66 Å². The van der Waals surface area contributed by atoms with E-state index in [2.05, 4.69) is 10.3 Å². The summed E-state index contributed by atoms with van der Waals surface area (Å²) in [5, 5.41) is 14.0. The number of non-ortho nitro benzene ring substituents is 1. The summed E-state index contributed by atoms with van der Waals surface area (Å²) in [7, 11) is 0. The first kappa shape index (κ1) is 15.2. The van der Waals surface area contributed by atoms with Gasteiger partial charge in [-0.25, -0.2) is 0 Å². The number of ether oxygens (including phenoxy) is 1. The van der Waals surface area contributed by atoms with Crippen LogP contribution in [0.3, 0.4) is 0 Å². The number of amidine groups is 1. The van der Waals surface area contributed by atoms with E-state index in [0.717, 1.165) is 35.6 Å². The van der Waals surface area contributed by atoms with Crippen LogP contribution in [-0.4, -0.2) is 23.8 Å². The van der Waals surface area contributed by atoms with Gasteiger partial charge in [0.05, 0.1) is 24.7 Å². The quantitative estimate of drug-likeness (QED) is 0.657. The maximum atomic E-state index is 10.8. The van der Waals surface area contributed by atoms with Crippen LogP contribution in [0.4, 0.5) is 5.69 Å². The highest BCUT2D eigenvalue weighted by Crippen LogP contribution is 2.15. The number of hydrogen-bond acceptors (Lipinski definition) is 5. The Kier molecular flexibility index (Phi) is 4.63. The van der Waals surface area contributed by atoms with E-state index in [-0.39, 0.29) is 5.69 Å². The lowest BCUT2D eigenvalue weighted by molar-refractivity contribution is -0.384. The van der Waals surface area contributed by atoms with Gasteiger partial charge in [0, 0.05) is 24.2 Å². The van der Waals surface area contributed by atoms with Crippen molar-refractivity contribution in [1.82, 2.24) is 5.32 Å². The van der Waals surface area contributed by atoms with Gasteiger partial charge in [0.15, 0.2) is 0 Å². The van der Waals surface area contributed by atoms with Gasteiger partial charge < -0.3 is 10.1 Å². The molecule has 0 saturated carbocycles. The van der Waals surface area contributed by atoms with Crippen LogP contribution in [0.5, 0.6) is 0 Å². The van der Waals surface area contributed by atoms with Gasteiger partial charge in [0.25, 0.3) is 5.69 Å². The van der Waals surface area contributed by atoms with Gasteiger partial charge in [-0.1, -0.05) is 30.3 Å². The Hall–Kier alpha value is -2.73. The van der Waals surface area contributed by atoms with Crippen molar-refractivity contribution in [2.24, 2.45) is 4.99 Å². The van der Waals surface area contributed by atoms with E-state index in [1.165, 1.54) is 12.1 Å². The SMILES string of the molecule is O=[N+]([O-])c1cccc(COCc2cccc(C3=NCCN3)c2)c1. The first-order valence-electron chi connectivity index (χ1n) is 7.41. The molecule has 1 N–H and O–H groups in total. The van der Waals surface area contributed by atoms with Crippen molar-refractivity contribution in [2.45, 2.75) is 13.2 Å². The molecule has 0 aliphatic carbocycles. The molecule has 2 aromatic rings. The van der Waals surface area contributed by atoms with Crippen LogP contribution in [-0.2, 0) is 18.0 Å². The zero-order chi connectivity index (χ0) is 16.1. The Morgan fingerprint density at radius 1 is 1.13 bits per heavy atom. The van der Waals surface area contributed by atoms with Crippen molar-refractivity contribution in [3.63, 3.8) is 0 Å². The highest BCUT2D eigenvalue weighted by molar-refractivity contribution is 5.99. The number of benzene rings is 2. The molecule has 0 atom stereocenters. The van der Waals surface area contributed by atoms with Crippen LogP contribution in [0.1, 0.15) is 16.7 Å². The van der Waals surface area contributed by atoms with Gasteiger partial charge in [0.2, 0.25) is 0 Å². The van der Waals surface area contributed by atoms with Gasteiger partial charge in [-0.2, -0.15) is 0 Å². The zero-order valence-corrected chi connectivity index (χ0v) is 12.6. The third kappa shape index (κ3) is 3.92.